The van der Waals surface area contributed by atoms with Crippen LogP contribution in [0, 0.1) is 5.82 Å². The molecule has 1 aromatic carbocycles. The lowest BCUT2D eigenvalue weighted by atomic mass is 10.3. The van der Waals surface area contributed by atoms with Gasteiger partial charge in [-0.1, -0.05) is 0 Å². The third-order valence-corrected chi connectivity index (χ3v) is 3.63. The summed E-state index contributed by atoms with van der Waals surface area (Å²) < 4.78 is 39.3. The molecule has 0 atom stereocenters. The normalized spacial score (nSPS) is 11.2. The van der Waals surface area contributed by atoms with Crippen molar-refractivity contribution in [3.63, 3.8) is 0 Å². The standard InChI is InChI=1S/C11H10FN3O2S/c12-8-1-2-10(13)11(7-8)18(16,17)15-9-3-5-14-6-4-9/h1-7H,13H2,(H,14,15). The average Bonchev–Trinajstić information content (AvgIpc) is 2.33. The first-order valence-electron chi connectivity index (χ1n) is 4.97. The van der Waals surface area contributed by atoms with E-state index >= 15 is 0 Å². The van der Waals surface area contributed by atoms with Crippen LogP contribution in [0.5, 0.6) is 0 Å². The Balaban J connectivity index is 2.40. The van der Waals surface area contributed by atoms with Crippen molar-refractivity contribution in [2.45, 2.75) is 4.90 Å². The van der Waals surface area contributed by atoms with Gasteiger partial charge in [-0.05, 0) is 30.3 Å². The second-order valence-electron chi connectivity index (χ2n) is 3.52. The van der Waals surface area contributed by atoms with E-state index in [1.165, 1.54) is 30.6 Å². The fourth-order valence-corrected chi connectivity index (χ4v) is 2.57. The number of anilines is 2. The van der Waals surface area contributed by atoms with E-state index < -0.39 is 15.8 Å². The number of pyridine rings is 1. The summed E-state index contributed by atoms with van der Waals surface area (Å²) in [5.41, 5.74) is 5.84. The molecule has 0 amide bonds. The molecule has 0 aliphatic rings. The molecule has 0 spiro atoms. The zero-order valence-corrected chi connectivity index (χ0v) is 9.99. The lowest BCUT2D eigenvalue weighted by Gasteiger charge is -2.09. The number of nitrogens with two attached hydrogens (primary N) is 1. The van der Waals surface area contributed by atoms with Gasteiger partial charge in [-0.25, -0.2) is 12.8 Å². The number of nitrogens with zero attached hydrogens (tertiary/aromatic N) is 1. The summed E-state index contributed by atoms with van der Waals surface area (Å²) in [5, 5.41) is 0. The minimum Gasteiger partial charge on any atom is -0.398 e. The Morgan fingerprint density at radius 2 is 1.83 bits per heavy atom. The number of sulfonamides is 1. The number of halogens is 1. The van der Waals surface area contributed by atoms with Crippen LogP contribution in [0.2, 0.25) is 0 Å². The van der Waals surface area contributed by atoms with Crippen LogP contribution in [-0.2, 0) is 10.0 Å². The van der Waals surface area contributed by atoms with Crippen molar-refractivity contribution >= 4 is 21.4 Å². The molecule has 3 N–H and O–H groups in total. The van der Waals surface area contributed by atoms with E-state index in [-0.39, 0.29) is 10.6 Å². The zero-order chi connectivity index (χ0) is 13.2. The predicted molar refractivity (Wildman–Crippen MR) is 65.9 cm³/mol. The number of nitrogens with one attached hydrogen (secondary N) is 1. The number of benzene rings is 1. The maximum atomic E-state index is 13.1. The van der Waals surface area contributed by atoms with Crippen molar-refractivity contribution in [2.75, 3.05) is 10.5 Å². The molecule has 0 unspecified atom stereocenters. The molecule has 7 heteroatoms. The van der Waals surface area contributed by atoms with Crippen molar-refractivity contribution < 1.29 is 12.8 Å². The van der Waals surface area contributed by atoms with Gasteiger partial charge in [0.1, 0.15) is 10.7 Å². The fraction of sp³-hybridized carbons (Fsp3) is 0. The summed E-state index contributed by atoms with van der Waals surface area (Å²) in [5.74, 6) is -0.667. The van der Waals surface area contributed by atoms with Crippen LogP contribution in [0.25, 0.3) is 0 Å². The van der Waals surface area contributed by atoms with Crippen LogP contribution in [0.3, 0.4) is 0 Å². The van der Waals surface area contributed by atoms with E-state index in [1.54, 1.807) is 0 Å². The minimum atomic E-state index is -3.91. The second-order valence-corrected chi connectivity index (χ2v) is 5.17. The van der Waals surface area contributed by atoms with Gasteiger partial charge in [-0.15, -0.1) is 0 Å². The molecule has 5 nitrogen and oxygen atoms in total. The summed E-state index contributed by atoms with van der Waals surface area (Å²) >= 11 is 0. The molecular formula is C11H10FN3O2S. The number of aromatic nitrogens is 1. The number of hydrogen-bond donors (Lipinski definition) is 2. The lowest BCUT2D eigenvalue weighted by Crippen LogP contribution is -2.15. The molecule has 0 aliphatic heterocycles. The van der Waals surface area contributed by atoms with Crippen LogP contribution in [0.4, 0.5) is 15.8 Å². The first kappa shape index (κ1) is 12.3. The van der Waals surface area contributed by atoms with Gasteiger partial charge in [0.05, 0.1) is 11.4 Å². The third kappa shape index (κ3) is 2.57. The summed E-state index contributed by atoms with van der Waals surface area (Å²) in [6, 6.07) is 6.14. The molecule has 0 radical (unpaired) electrons. The third-order valence-electron chi connectivity index (χ3n) is 2.20. The van der Waals surface area contributed by atoms with Gasteiger partial charge >= 0.3 is 0 Å². The van der Waals surface area contributed by atoms with Gasteiger partial charge in [0.2, 0.25) is 0 Å². The van der Waals surface area contributed by atoms with Gasteiger partial charge in [0, 0.05) is 12.4 Å². The maximum absolute atomic E-state index is 13.1. The van der Waals surface area contributed by atoms with E-state index in [0.717, 1.165) is 12.1 Å². The largest absolute Gasteiger partial charge is 0.398 e. The number of hydrogen-bond acceptors (Lipinski definition) is 4. The topological polar surface area (TPSA) is 85.1 Å². The van der Waals surface area contributed by atoms with Gasteiger partial charge in [0.15, 0.2) is 0 Å². The molecule has 0 fully saturated rings. The zero-order valence-electron chi connectivity index (χ0n) is 9.17. The SMILES string of the molecule is Nc1ccc(F)cc1S(=O)(=O)Nc1ccncc1. The van der Waals surface area contributed by atoms with Gasteiger partial charge < -0.3 is 5.73 Å². The summed E-state index contributed by atoms with van der Waals surface area (Å²) in [6.07, 6.45) is 2.87. The predicted octanol–water partition coefficient (Wildman–Crippen LogP) is 1.60. The van der Waals surface area contributed by atoms with E-state index in [9.17, 15) is 12.8 Å². The molecular weight excluding hydrogens is 257 g/mol. The highest BCUT2D eigenvalue weighted by Crippen LogP contribution is 2.21. The molecule has 0 bridgehead atoms. The fourth-order valence-electron chi connectivity index (χ4n) is 1.37. The van der Waals surface area contributed by atoms with Crippen LogP contribution in [0.15, 0.2) is 47.6 Å². The summed E-state index contributed by atoms with van der Waals surface area (Å²) in [6.45, 7) is 0. The van der Waals surface area contributed by atoms with Gasteiger partial charge in [-0.3, -0.25) is 9.71 Å². The van der Waals surface area contributed by atoms with E-state index in [1.807, 2.05) is 0 Å². The smallest absolute Gasteiger partial charge is 0.264 e. The van der Waals surface area contributed by atoms with E-state index in [4.69, 9.17) is 5.73 Å². The van der Waals surface area contributed by atoms with Crippen LogP contribution >= 0.6 is 0 Å². The Bertz CT molecular complexity index is 659. The first-order chi connectivity index (χ1) is 8.49. The van der Waals surface area contributed by atoms with Crippen LogP contribution in [-0.4, -0.2) is 13.4 Å². The molecule has 18 heavy (non-hydrogen) atoms. The first-order valence-corrected chi connectivity index (χ1v) is 6.45. The molecule has 0 saturated heterocycles. The molecule has 1 heterocycles. The van der Waals surface area contributed by atoms with Crippen LogP contribution < -0.4 is 10.5 Å². The average molecular weight is 267 g/mol. The highest BCUT2D eigenvalue weighted by molar-refractivity contribution is 7.92. The van der Waals surface area contributed by atoms with Crippen molar-refractivity contribution in [3.8, 4) is 0 Å². The summed E-state index contributed by atoms with van der Waals surface area (Å²) in [7, 11) is -3.91. The highest BCUT2D eigenvalue weighted by atomic mass is 32.2. The molecule has 1 aromatic heterocycles. The number of nitrogen functional groups attached to an aromatic ring is 1. The van der Waals surface area contributed by atoms with Crippen molar-refractivity contribution in [3.05, 3.63) is 48.5 Å². The van der Waals surface area contributed by atoms with Crippen molar-refractivity contribution in [1.82, 2.24) is 4.98 Å². The Hall–Kier alpha value is -2.15. The van der Waals surface area contributed by atoms with Gasteiger partial charge in [-0.2, -0.15) is 0 Å². The Labute approximate surface area is 104 Å². The summed E-state index contributed by atoms with van der Waals surface area (Å²) in [4.78, 5) is 3.47. The molecule has 0 aliphatic carbocycles. The molecule has 0 saturated carbocycles. The molecule has 2 rings (SSSR count). The quantitative estimate of drug-likeness (QED) is 0.827. The Morgan fingerprint density at radius 3 is 2.50 bits per heavy atom. The molecule has 2 aromatic rings. The Morgan fingerprint density at radius 1 is 1.17 bits per heavy atom. The monoisotopic (exact) mass is 267 g/mol. The Kier molecular flexibility index (Phi) is 3.15. The van der Waals surface area contributed by atoms with E-state index in [2.05, 4.69) is 9.71 Å². The maximum Gasteiger partial charge on any atom is 0.264 e. The van der Waals surface area contributed by atoms with Crippen molar-refractivity contribution in [1.29, 1.82) is 0 Å². The highest BCUT2D eigenvalue weighted by Gasteiger charge is 2.18. The number of rotatable bonds is 3. The van der Waals surface area contributed by atoms with Crippen LogP contribution in [0.1, 0.15) is 0 Å². The lowest BCUT2D eigenvalue weighted by molar-refractivity contribution is 0.596. The van der Waals surface area contributed by atoms with Gasteiger partial charge in [0.25, 0.3) is 10.0 Å². The minimum absolute atomic E-state index is 0.0158. The van der Waals surface area contributed by atoms with E-state index in [0.29, 0.717) is 5.69 Å². The second kappa shape index (κ2) is 4.61. The molecule has 94 valence electrons. The van der Waals surface area contributed by atoms with Crippen molar-refractivity contribution in [2.24, 2.45) is 0 Å².